The Kier molecular flexibility index (Phi) is 7.28. The molecule has 4 amide bonds. The molecule has 2 aromatic carbocycles. The number of H-pyrrole nitrogens is 1. The predicted molar refractivity (Wildman–Crippen MR) is 139 cm³/mol. The van der Waals surface area contributed by atoms with E-state index in [2.05, 4.69) is 20.9 Å². The van der Waals surface area contributed by atoms with Crippen molar-refractivity contribution in [2.45, 2.75) is 26.7 Å². The number of aliphatic carboxylic acids is 1. The van der Waals surface area contributed by atoms with E-state index < -0.39 is 23.7 Å². The highest BCUT2D eigenvalue weighted by atomic mass is 19.1. The van der Waals surface area contributed by atoms with Gasteiger partial charge in [0, 0.05) is 35.1 Å². The monoisotopic (exact) mass is 520 g/mol. The van der Waals surface area contributed by atoms with Crippen molar-refractivity contribution in [3.63, 3.8) is 0 Å². The van der Waals surface area contributed by atoms with Crippen LogP contribution in [0, 0.1) is 19.7 Å². The number of aryl methyl sites for hydroxylation is 1. The number of hydrogen-bond donors (Lipinski definition) is 5. The summed E-state index contributed by atoms with van der Waals surface area (Å²) in [7, 11) is 1.36. The molecule has 5 N–H and O–H groups in total. The Morgan fingerprint density at radius 2 is 1.89 bits per heavy atom. The predicted octanol–water partition coefficient (Wildman–Crippen LogP) is 4.25. The number of carbonyl (C=O) groups is 4. The molecule has 196 valence electrons. The van der Waals surface area contributed by atoms with E-state index in [0.717, 1.165) is 22.9 Å². The van der Waals surface area contributed by atoms with Gasteiger partial charge in [-0.1, -0.05) is 6.07 Å². The quantitative estimate of drug-likeness (QED) is 0.294. The van der Waals surface area contributed by atoms with Crippen LogP contribution in [0.2, 0.25) is 0 Å². The fourth-order valence-electron chi connectivity index (χ4n) is 4.27. The molecule has 38 heavy (non-hydrogen) atoms. The van der Waals surface area contributed by atoms with Gasteiger partial charge in [0.05, 0.1) is 23.9 Å². The van der Waals surface area contributed by atoms with Crippen molar-refractivity contribution in [1.82, 2.24) is 10.3 Å². The van der Waals surface area contributed by atoms with Crippen LogP contribution >= 0.6 is 0 Å². The zero-order chi connectivity index (χ0) is 27.6. The summed E-state index contributed by atoms with van der Waals surface area (Å²) in [5, 5.41) is 16.3. The lowest BCUT2D eigenvalue weighted by molar-refractivity contribution is -0.137. The molecule has 10 nitrogen and oxygen atoms in total. The molecule has 0 saturated heterocycles. The third-order valence-electron chi connectivity index (χ3n) is 6.22. The molecule has 2 heterocycles. The van der Waals surface area contributed by atoms with Gasteiger partial charge in [-0.25, -0.2) is 9.18 Å². The fraction of sp³-hybridized carbons (Fsp3) is 0.185. The standard InChI is InChI=1S/C27H25FN4O6/c1-13-17(8-9-24(33)34)14(2)29-22(13)12-20-18-6-4-15(10-23(18)31-26(20)36)30-27(37)32-25(35)19-7-5-16(38-3)11-21(19)28/h4-7,10-12,29H,8-9H2,1-3H3,(H,31,36)(H,33,34)(H2,30,32,35,37). The normalized spacial score (nSPS) is 13.2. The number of anilines is 2. The van der Waals surface area contributed by atoms with Gasteiger partial charge in [-0.2, -0.15) is 0 Å². The van der Waals surface area contributed by atoms with Crippen LogP contribution in [0.3, 0.4) is 0 Å². The van der Waals surface area contributed by atoms with Crippen LogP contribution in [0.15, 0.2) is 36.4 Å². The molecule has 0 unspecified atom stereocenters. The maximum Gasteiger partial charge on any atom is 0.326 e. The van der Waals surface area contributed by atoms with Crippen LogP contribution in [0.4, 0.5) is 20.6 Å². The molecular formula is C27H25FN4O6. The number of halogens is 1. The summed E-state index contributed by atoms with van der Waals surface area (Å²) in [6, 6.07) is 7.52. The van der Waals surface area contributed by atoms with Crippen LogP contribution in [-0.2, 0) is 16.0 Å². The van der Waals surface area contributed by atoms with Gasteiger partial charge in [0.2, 0.25) is 0 Å². The van der Waals surface area contributed by atoms with Gasteiger partial charge in [-0.3, -0.25) is 19.7 Å². The molecule has 0 spiro atoms. The summed E-state index contributed by atoms with van der Waals surface area (Å²) in [6.45, 7) is 3.72. The number of aromatic amines is 1. The number of fused-ring (bicyclic) bond motifs is 1. The second-order valence-electron chi connectivity index (χ2n) is 8.69. The molecule has 0 fully saturated rings. The number of imide groups is 1. The molecule has 4 rings (SSSR count). The molecule has 0 radical (unpaired) electrons. The van der Waals surface area contributed by atoms with Gasteiger partial charge in [0.1, 0.15) is 11.6 Å². The molecular weight excluding hydrogens is 495 g/mol. The number of amides is 4. The summed E-state index contributed by atoms with van der Waals surface area (Å²) in [5.74, 6) is -2.76. The van der Waals surface area contributed by atoms with E-state index in [4.69, 9.17) is 9.84 Å². The molecule has 0 saturated carbocycles. The van der Waals surface area contributed by atoms with Crippen molar-refractivity contribution in [2.75, 3.05) is 17.7 Å². The third kappa shape index (κ3) is 5.41. The summed E-state index contributed by atoms with van der Waals surface area (Å²) >= 11 is 0. The number of carbonyl (C=O) groups excluding carboxylic acids is 3. The van der Waals surface area contributed by atoms with Gasteiger partial charge in [0.15, 0.2) is 0 Å². The second-order valence-corrected chi connectivity index (χ2v) is 8.69. The summed E-state index contributed by atoms with van der Waals surface area (Å²) in [5.41, 5.74) is 4.74. The number of nitrogens with one attached hydrogen (secondary N) is 4. The Morgan fingerprint density at radius 1 is 1.13 bits per heavy atom. The fourth-order valence-corrected chi connectivity index (χ4v) is 4.27. The molecule has 1 aliphatic rings. The number of rotatable bonds is 7. The minimum absolute atomic E-state index is 0.00283. The van der Waals surface area contributed by atoms with E-state index in [1.54, 1.807) is 18.2 Å². The SMILES string of the molecule is COc1ccc(C(=O)NC(=O)Nc2ccc3c(c2)NC(=O)C3=Cc2[nH]c(C)c(CCC(=O)O)c2C)c(F)c1. The summed E-state index contributed by atoms with van der Waals surface area (Å²) in [4.78, 5) is 51.5. The molecule has 3 aromatic rings. The van der Waals surface area contributed by atoms with Crippen LogP contribution in [0.1, 0.15) is 44.9 Å². The highest BCUT2D eigenvalue weighted by Crippen LogP contribution is 2.36. The first-order chi connectivity index (χ1) is 18.1. The first kappa shape index (κ1) is 26.1. The Labute approximate surface area is 216 Å². The number of urea groups is 1. The lowest BCUT2D eigenvalue weighted by Gasteiger charge is -2.09. The number of ether oxygens (including phenoxy) is 1. The zero-order valence-electron chi connectivity index (χ0n) is 20.8. The van der Waals surface area contributed by atoms with Gasteiger partial charge in [-0.05, 0) is 61.7 Å². The van der Waals surface area contributed by atoms with Gasteiger partial charge in [0.25, 0.3) is 11.8 Å². The minimum Gasteiger partial charge on any atom is -0.497 e. The van der Waals surface area contributed by atoms with Crippen LogP contribution in [-0.4, -0.2) is 41.0 Å². The summed E-state index contributed by atoms with van der Waals surface area (Å²) < 4.78 is 19.0. The van der Waals surface area contributed by atoms with Crippen molar-refractivity contribution in [2.24, 2.45) is 0 Å². The van der Waals surface area contributed by atoms with E-state index >= 15 is 0 Å². The number of benzene rings is 2. The summed E-state index contributed by atoms with van der Waals surface area (Å²) in [6.07, 6.45) is 2.08. The molecule has 0 bridgehead atoms. The molecule has 1 aliphatic heterocycles. The minimum atomic E-state index is -0.929. The lowest BCUT2D eigenvalue weighted by Crippen LogP contribution is -2.34. The number of aromatic nitrogens is 1. The number of hydrogen-bond acceptors (Lipinski definition) is 5. The Morgan fingerprint density at radius 3 is 2.58 bits per heavy atom. The lowest BCUT2D eigenvalue weighted by atomic mass is 10.0. The van der Waals surface area contributed by atoms with Crippen LogP contribution in [0.25, 0.3) is 11.6 Å². The Balaban J connectivity index is 1.49. The Hall–Kier alpha value is -4.93. The van der Waals surface area contributed by atoms with Gasteiger partial charge < -0.3 is 25.5 Å². The van der Waals surface area contributed by atoms with Crippen molar-refractivity contribution in [3.8, 4) is 5.75 Å². The first-order valence-corrected chi connectivity index (χ1v) is 11.6. The van der Waals surface area contributed by atoms with Crippen molar-refractivity contribution < 1.29 is 33.4 Å². The smallest absolute Gasteiger partial charge is 0.326 e. The van der Waals surface area contributed by atoms with Crippen molar-refractivity contribution in [3.05, 3.63) is 75.9 Å². The first-order valence-electron chi connectivity index (χ1n) is 11.6. The van der Waals surface area contributed by atoms with Crippen molar-refractivity contribution >= 4 is 46.8 Å². The largest absolute Gasteiger partial charge is 0.497 e. The van der Waals surface area contributed by atoms with E-state index in [-0.39, 0.29) is 23.6 Å². The topological polar surface area (TPSA) is 150 Å². The molecule has 1 aromatic heterocycles. The van der Waals surface area contributed by atoms with Gasteiger partial charge >= 0.3 is 12.0 Å². The maximum atomic E-state index is 14.1. The van der Waals surface area contributed by atoms with E-state index in [1.807, 2.05) is 13.8 Å². The number of methoxy groups -OCH3 is 1. The number of carboxylic acid groups (broad SMARTS) is 1. The van der Waals surface area contributed by atoms with E-state index in [0.29, 0.717) is 34.6 Å². The van der Waals surface area contributed by atoms with E-state index in [1.165, 1.54) is 25.3 Å². The Bertz CT molecular complexity index is 1510. The zero-order valence-corrected chi connectivity index (χ0v) is 20.8. The van der Waals surface area contributed by atoms with Gasteiger partial charge in [-0.15, -0.1) is 0 Å². The maximum absolute atomic E-state index is 14.1. The molecule has 11 heteroatoms. The average Bonchev–Trinajstić information content (AvgIpc) is 3.31. The highest BCUT2D eigenvalue weighted by molar-refractivity contribution is 6.35. The number of carboxylic acids is 1. The average molecular weight is 521 g/mol. The molecule has 0 atom stereocenters. The van der Waals surface area contributed by atoms with E-state index in [9.17, 15) is 23.6 Å². The molecule has 0 aliphatic carbocycles. The van der Waals surface area contributed by atoms with Crippen LogP contribution < -0.4 is 20.7 Å². The second kappa shape index (κ2) is 10.6. The highest BCUT2D eigenvalue weighted by Gasteiger charge is 2.26. The third-order valence-corrected chi connectivity index (χ3v) is 6.22. The van der Waals surface area contributed by atoms with Crippen LogP contribution in [0.5, 0.6) is 5.75 Å². The van der Waals surface area contributed by atoms with Crippen molar-refractivity contribution in [1.29, 1.82) is 0 Å².